The fraction of sp³-hybridized carbons (Fsp3) is 0.750. The van der Waals surface area contributed by atoms with Crippen molar-refractivity contribution < 1.29 is 9.90 Å². The first-order chi connectivity index (χ1) is 10.1. The molecule has 0 heterocycles. The third-order valence-corrected chi connectivity index (χ3v) is 7.72. The Kier molecular flexibility index (Phi) is 2.57. The Morgan fingerprint density at radius 1 is 1.05 bits per heavy atom. The normalized spacial score (nSPS) is 52.0. The summed E-state index contributed by atoms with van der Waals surface area (Å²) < 4.78 is 0. The zero-order valence-electron chi connectivity index (χ0n) is 14.3. The molecule has 22 heavy (non-hydrogen) atoms. The maximum absolute atomic E-state index is 13.0. The molecule has 120 valence electrons. The van der Waals surface area contributed by atoms with Gasteiger partial charge in [0.15, 0.2) is 5.76 Å². The van der Waals surface area contributed by atoms with Crippen molar-refractivity contribution in [1.82, 2.24) is 0 Å². The van der Waals surface area contributed by atoms with E-state index < -0.39 is 5.41 Å². The van der Waals surface area contributed by atoms with Crippen LogP contribution in [0.25, 0.3) is 0 Å². The van der Waals surface area contributed by atoms with E-state index >= 15 is 0 Å². The zero-order valence-corrected chi connectivity index (χ0v) is 14.3. The van der Waals surface area contributed by atoms with Crippen molar-refractivity contribution in [3.05, 3.63) is 24.0 Å². The minimum Gasteiger partial charge on any atom is -0.505 e. The fourth-order valence-electron chi connectivity index (χ4n) is 6.86. The Hall–Kier alpha value is -1.05. The van der Waals surface area contributed by atoms with Gasteiger partial charge in [-0.3, -0.25) is 4.79 Å². The quantitative estimate of drug-likeness (QED) is 0.651. The number of aliphatic hydroxyl groups is 1. The van der Waals surface area contributed by atoms with Crippen LogP contribution < -0.4 is 0 Å². The van der Waals surface area contributed by atoms with E-state index in [4.69, 9.17) is 0 Å². The highest BCUT2D eigenvalue weighted by atomic mass is 16.3. The SMILES string of the molecule is CC1(C)C=C(O)C(=O)[C@]2(C)[C@@H]1CC[C@@]13C=C[C@@](C)(CC[C@H]12)C3. The Morgan fingerprint density at radius 2 is 1.73 bits per heavy atom. The van der Waals surface area contributed by atoms with Crippen molar-refractivity contribution in [3.8, 4) is 0 Å². The summed E-state index contributed by atoms with van der Waals surface area (Å²) in [4.78, 5) is 13.0. The molecular formula is C20H28O2. The van der Waals surface area contributed by atoms with Gasteiger partial charge in [-0.15, -0.1) is 0 Å². The third-order valence-electron chi connectivity index (χ3n) is 7.72. The van der Waals surface area contributed by atoms with E-state index in [-0.39, 0.29) is 22.4 Å². The molecule has 0 aromatic heterocycles. The van der Waals surface area contributed by atoms with Gasteiger partial charge < -0.3 is 5.11 Å². The molecule has 5 atom stereocenters. The molecule has 2 heteroatoms. The first-order valence-electron chi connectivity index (χ1n) is 8.80. The summed E-state index contributed by atoms with van der Waals surface area (Å²) in [6.45, 7) is 8.90. The van der Waals surface area contributed by atoms with Gasteiger partial charge in [-0.05, 0) is 66.3 Å². The molecule has 1 N–H and O–H groups in total. The van der Waals surface area contributed by atoms with Crippen molar-refractivity contribution in [1.29, 1.82) is 0 Å². The Labute approximate surface area is 133 Å². The summed E-state index contributed by atoms with van der Waals surface area (Å²) in [6, 6.07) is 0. The minimum atomic E-state index is -0.406. The van der Waals surface area contributed by atoms with Crippen LogP contribution in [0.4, 0.5) is 0 Å². The monoisotopic (exact) mass is 300 g/mol. The first kappa shape index (κ1) is 14.5. The molecule has 0 aromatic carbocycles. The first-order valence-corrected chi connectivity index (χ1v) is 8.80. The third kappa shape index (κ3) is 1.54. The second-order valence-corrected chi connectivity index (χ2v) is 9.54. The van der Waals surface area contributed by atoms with Crippen LogP contribution in [0, 0.1) is 33.5 Å². The average Bonchev–Trinajstić information content (AvgIpc) is 2.66. The van der Waals surface area contributed by atoms with Crippen LogP contribution in [-0.2, 0) is 4.79 Å². The van der Waals surface area contributed by atoms with Crippen LogP contribution in [-0.4, -0.2) is 10.9 Å². The van der Waals surface area contributed by atoms with Gasteiger partial charge in [-0.1, -0.05) is 39.8 Å². The molecule has 2 bridgehead atoms. The molecule has 4 aliphatic carbocycles. The summed E-state index contributed by atoms with van der Waals surface area (Å²) in [5, 5.41) is 10.3. The second-order valence-electron chi connectivity index (χ2n) is 9.54. The number of fused-ring (bicyclic) bond motifs is 3. The molecular weight excluding hydrogens is 272 g/mol. The number of Topliss-reactive ketones (excluding diaryl/α,β-unsaturated/α-hetero) is 1. The number of hydrogen-bond donors (Lipinski definition) is 1. The number of hydrogen-bond acceptors (Lipinski definition) is 2. The largest absolute Gasteiger partial charge is 0.505 e. The molecule has 0 aromatic rings. The summed E-state index contributed by atoms with van der Waals surface area (Å²) >= 11 is 0. The van der Waals surface area contributed by atoms with Crippen LogP contribution in [0.5, 0.6) is 0 Å². The van der Waals surface area contributed by atoms with Gasteiger partial charge in [0.2, 0.25) is 5.78 Å². The Bertz CT molecular complexity index is 613. The number of allylic oxidation sites excluding steroid dienone is 4. The molecule has 1 spiro atoms. The van der Waals surface area contributed by atoms with Gasteiger partial charge >= 0.3 is 0 Å². The van der Waals surface area contributed by atoms with Gasteiger partial charge in [0.05, 0.1) is 0 Å². The Balaban J connectivity index is 1.85. The molecule has 0 saturated heterocycles. The predicted octanol–water partition coefficient (Wildman–Crippen LogP) is 4.82. The number of aliphatic hydroxyl groups excluding tert-OH is 1. The molecule has 0 amide bonds. The van der Waals surface area contributed by atoms with E-state index in [1.807, 2.05) is 6.08 Å². The van der Waals surface area contributed by atoms with Crippen molar-refractivity contribution in [2.45, 2.75) is 59.8 Å². The van der Waals surface area contributed by atoms with Crippen LogP contribution in [0.15, 0.2) is 24.0 Å². The lowest BCUT2D eigenvalue weighted by molar-refractivity contribution is -0.158. The topological polar surface area (TPSA) is 37.3 Å². The van der Waals surface area contributed by atoms with Gasteiger partial charge in [0.1, 0.15) is 0 Å². The van der Waals surface area contributed by atoms with Crippen LogP contribution in [0.1, 0.15) is 59.8 Å². The summed E-state index contributed by atoms with van der Waals surface area (Å²) in [7, 11) is 0. The summed E-state index contributed by atoms with van der Waals surface area (Å²) in [5.74, 6) is 0.742. The highest BCUT2D eigenvalue weighted by molar-refractivity contribution is 5.99. The standard InChI is InChI=1S/C20H28O2/c1-17(2)11-13(21)16(22)19(4)14(17)6-8-20-10-9-18(3,12-20)7-5-15(19)20/h9-11,14-15,21H,5-8,12H2,1-4H3/t14-,15+,18-,19-,20+/m1/s1. The molecule has 0 unspecified atom stereocenters. The summed E-state index contributed by atoms with van der Waals surface area (Å²) in [5.41, 5.74) is 0.0282. The second kappa shape index (κ2) is 3.88. The van der Waals surface area contributed by atoms with Gasteiger partial charge in [0.25, 0.3) is 0 Å². The van der Waals surface area contributed by atoms with Crippen LogP contribution in [0.2, 0.25) is 0 Å². The van der Waals surface area contributed by atoms with Crippen molar-refractivity contribution in [3.63, 3.8) is 0 Å². The fourth-order valence-corrected chi connectivity index (χ4v) is 6.86. The molecule has 4 rings (SSSR count). The molecule has 2 saturated carbocycles. The molecule has 2 nitrogen and oxygen atoms in total. The maximum Gasteiger partial charge on any atom is 0.203 e. The molecule has 2 fully saturated rings. The minimum absolute atomic E-state index is 0.00445. The number of carbonyl (C=O) groups is 1. The van der Waals surface area contributed by atoms with E-state index in [1.54, 1.807) is 0 Å². The average molecular weight is 300 g/mol. The van der Waals surface area contributed by atoms with Gasteiger partial charge in [-0.2, -0.15) is 0 Å². The summed E-state index contributed by atoms with van der Waals surface area (Å²) in [6.07, 6.45) is 12.5. The van der Waals surface area contributed by atoms with E-state index in [2.05, 4.69) is 39.8 Å². The van der Waals surface area contributed by atoms with Crippen LogP contribution in [0.3, 0.4) is 0 Å². The van der Waals surface area contributed by atoms with E-state index in [9.17, 15) is 9.90 Å². The zero-order chi connectivity index (χ0) is 16.0. The molecule has 0 radical (unpaired) electrons. The van der Waals surface area contributed by atoms with Gasteiger partial charge in [-0.25, -0.2) is 0 Å². The predicted molar refractivity (Wildman–Crippen MR) is 87.4 cm³/mol. The van der Waals surface area contributed by atoms with Crippen molar-refractivity contribution >= 4 is 5.78 Å². The number of carbonyl (C=O) groups excluding carboxylic acids is 1. The van der Waals surface area contributed by atoms with Crippen LogP contribution >= 0.6 is 0 Å². The lowest BCUT2D eigenvalue weighted by atomic mass is 9.41. The number of ketones is 1. The van der Waals surface area contributed by atoms with Crippen molar-refractivity contribution in [2.75, 3.05) is 0 Å². The highest BCUT2D eigenvalue weighted by Crippen LogP contribution is 2.70. The van der Waals surface area contributed by atoms with Crippen molar-refractivity contribution in [2.24, 2.45) is 33.5 Å². The van der Waals surface area contributed by atoms with Gasteiger partial charge in [0, 0.05) is 5.41 Å². The smallest absolute Gasteiger partial charge is 0.203 e. The molecule has 4 aliphatic rings. The lowest BCUT2D eigenvalue weighted by Gasteiger charge is -2.62. The van der Waals surface area contributed by atoms with E-state index in [1.165, 1.54) is 19.3 Å². The van der Waals surface area contributed by atoms with E-state index in [0.717, 1.165) is 12.8 Å². The molecule has 0 aliphatic heterocycles. The van der Waals surface area contributed by atoms with E-state index in [0.29, 0.717) is 17.3 Å². The number of rotatable bonds is 0. The lowest BCUT2D eigenvalue weighted by Crippen LogP contribution is -2.59. The maximum atomic E-state index is 13.0. The Morgan fingerprint density at radius 3 is 2.45 bits per heavy atom. The highest BCUT2D eigenvalue weighted by Gasteiger charge is 2.66.